The van der Waals surface area contributed by atoms with Crippen molar-refractivity contribution in [3.8, 4) is 5.75 Å². The number of hydrogen-bond donors (Lipinski definition) is 8. The molecule has 64 heavy (non-hydrogen) atoms. The lowest BCUT2D eigenvalue weighted by molar-refractivity contribution is -0.142. The molecule has 2 aliphatic rings. The number of rotatable bonds is 16. The van der Waals surface area contributed by atoms with Crippen LogP contribution in [0, 0.1) is 11.8 Å². The van der Waals surface area contributed by atoms with E-state index in [4.69, 9.17) is 16.2 Å². The molecule has 8 atom stereocenters. The van der Waals surface area contributed by atoms with E-state index in [0.29, 0.717) is 49.0 Å². The number of nitrogens with one attached hydrogen (secondary N) is 6. The van der Waals surface area contributed by atoms with Gasteiger partial charge in [0.2, 0.25) is 53.2 Å². The molecule has 3 rings (SSSR count). The Kier molecular flexibility index (Phi) is 21.5. The van der Waals surface area contributed by atoms with Gasteiger partial charge in [-0.25, -0.2) is 0 Å². The van der Waals surface area contributed by atoms with Gasteiger partial charge >= 0.3 is 0 Å². The van der Waals surface area contributed by atoms with Gasteiger partial charge in [-0.15, -0.1) is 0 Å². The molecule has 2 heterocycles. The maximum atomic E-state index is 14.3. The topological polar surface area (TPSA) is 307 Å². The van der Waals surface area contributed by atoms with Gasteiger partial charge in [0.15, 0.2) is 0 Å². The van der Waals surface area contributed by atoms with Gasteiger partial charge in [0.1, 0.15) is 48.3 Å². The van der Waals surface area contributed by atoms with Crippen LogP contribution in [0.1, 0.15) is 91.0 Å². The van der Waals surface area contributed by atoms with Crippen LogP contribution in [0.4, 0.5) is 0 Å². The first kappa shape index (κ1) is 52.6. The van der Waals surface area contributed by atoms with Crippen LogP contribution in [0.2, 0.25) is 0 Å². The van der Waals surface area contributed by atoms with Gasteiger partial charge in [0.25, 0.3) is 0 Å². The number of aldehydes is 1. The number of thioether (sulfide) groups is 1. The van der Waals surface area contributed by atoms with Crippen molar-refractivity contribution >= 4 is 71.2 Å². The molecule has 1 aromatic rings. The average molecular weight is 916 g/mol. The van der Waals surface area contributed by atoms with Crippen LogP contribution in [0.25, 0.3) is 0 Å². The fraction of sp³-hybridized carbons (Fsp3) is 0.628. The molecule has 2 saturated heterocycles. The summed E-state index contributed by atoms with van der Waals surface area (Å²) in [7, 11) is 1.51. The average Bonchev–Trinajstić information content (AvgIpc) is 3.75. The SMILES string of the molecule is CCC(C)[C@@H]1NC(=O)[C@H](Cc2ccc(OC)cc2)NC(=O)CCCSC[C@@H](C(=O)N2CCC[C@H]2C(=O)N[C@H](C=O)CC(C)C)NC(=O)[C@H](CC(N)=O)NC(=O)[C@H](CCC(N)=O)NC1=O. The highest BCUT2D eigenvalue weighted by Crippen LogP contribution is 2.21. The quantitative estimate of drug-likeness (QED) is 0.0936. The number of nitrogens with two attached hydrogens (primary N) is 2. The summed E-state index contributed by atoms with van der Waals surface area (Å²) in [6.07, 6.45) is 1.02. The second kappa shape index (κ2) is 26.2. The molecule has 10 N–H and O–H groups in total. The van der Waals surface area contributed by atoms with Gasteiger partial charge in [-0.1, -0.05) is 46.2 Å². The Balaban J connectivity index is 2.02. The van der Waals surface area contributed by atoms with Gasteiger partial charge in [-0.05, 0) is 67.4 Å². The fourth-order valence-electron chi connectivity index (χ4n) is 7.35. The highest BCUT2D eigenvalue weighted by Gasteiger charge is 2.40. The maximum Gasteiger partial charge on any atom is 0.246 e. The zero-order valence-corrected chi connectivity index (χ0v) is 38.1. The van der Waals surface area contributed by atoms with E-state index in [0.717, 1.165) is 0 Å². The van der Waals surface area contributed by atoms with Crippen LogP contribution in [-0.2, 0) is 54.4 Å². The summed E-state index contributed by atoms with van der Waals surface area (Å²) < 4.78 is 5.25. The van der Waals surface area contributed by atoms with Gasteiger partial charge in [-0.2, -0.15) is 11.8 Å². The lowest BCUT2D eigenvalue weighted by Crippen LogP contribution is -2.61. The van der Waals surface area contributed by atoms with Crippen molar-refractivity contribution in [2.45, 2.75) is 134 Å². The number of carbonyl (C=O) groups is 10. The largest absolute Gasteiger partial charge is 0.497 e. The molecule has 2 aliphatic heterocycles. The molecular weight excluding hydrogens is 851 g/mol. The van der Waals surface area contributed by atoms with Crippen molar-refractivity contribution in [1.29, 1.82) is 0 Å². The van der Waals surface area contributed by atoms with Crippen LogP contribution >= 0.6 is 11.8 Å². The van der Waals surface area contributed by atoms with E-state index < -0.39 is 108 Å². The molecule has 9 amide bonds. The zero-order chi connectivity index (χ0) is 47.5. The fourth-order valence-corrected chi connectivity index (χ4v) is 8.33. The van der Waals surface area contributed by atoms with Gasteiger partial charge in [0, 0.05) is 31.6 Å². The summed E-state index contributed by atoms with van der Waals surface area (Å²) in [5, 5.41) is 15.9. The Morgan fingerprint density at radius 2 is 1.53 bits per heavy atom. The summed E-state index contributed by atoms with van der Waals surface area (Å²) in [5.41, 5.74) is 11.6. The highest BCUT2D eigenvalue weighted by molar-refractivity contribution is 7.99. The zero-order valence-electron chi connectivity index (χ0n) is 37.3. The van der Waals surface area contributed by atoms with Crippen LogP contribution in [0.5, 0.6) is 5.75 Å². The van der Waals surface area contributed by atoms with Crippen molar-refractivity contribution in [1.82, 2.24) is 36.8 Å². The van der Waals surface area contributed by atoms with Crippen LogP contribution in [-0.4, -0.2) is 132 Å². The molecule has 1 unspecified atom stereocenters. The minimum atomic E-state index is -1.67. The summed E-state index contributed by atoms with van der Waals surface area (Å²) in [4.78, 5) is 134. The van der Waals surface area contributed by atoms with Crippen molar-refractivity contribution in [3.05, 3.63) is 29.8 Å². The molecule has 0 aromatic heterocycles. The number of benzene rings is 1. The lowest BCUT2D eigenvalue weighted by Gasteiger charge is -2.31. The number of nitrogens with zero attached hydrogens (tertiary/aromatic N) is 1. The standard InChI is InChI=1S/C43H65N9O11S/c1-6-25(4)37-42(61)48-29(15-16-34(44)54)38(57)49-31(21-35(45)55)39(58)50-32(43(62)52-17-7-9-33(52)41(60)46-27(22-53)19-24(2)3)23-64-18-8-10-36(56)47-30(40(59)51-37)20-26-11-13-28(63-5)14-12-26/h11-14,22,24-25,27,29-33,37H,6-10,15-21,23H2,1-5H3,(H2,44,54)(H2,45,55)(H,46,60)(H,47,56)(H,48,61)(H,49,57)(H,50,58)(H,51,59)/t25?,27-,29-,30-,31-,32-,33-,37-/m0/s1. The number of hydrogen-bond acceptors (Lipinski definition) is 12. The molecule has 2 fully saturated rings. The Morgan fingerprint density at radius 1 is 0.875 bits per heavy atom. The summed E-state index contributed by atoms with van der Waals surface area (Å²) in [6.45, 7) is 7.45. The maximum absolute atomic E-state index is 14.3. The van der Waals surface area contributed by atoms with Crippen LogP contribution in [0.15, 0.2) is 24.3 Å². The number of primary amides is 2. The third kappa shape index (κ3) is 16.8. The van der Waals surface area contributed by atoms with Crippen LogP contribution in [0.3, 0.4) is 0 Å². The Morgan fingerprint density at radius 3 is 2.14 bits per heavy atom. The molecule has 0 spiro atoms. The lowest BCUT2D eigenvalue weighted by atomic mass is 9.96. The number of methoxy groups -OCH3 is 1. The molecule has 0 radical (unpaired) electrons. The number of likely N-dealkylation sites (tertiary alicyclic amines) is 1. The van der Waals surface area contributed by atoms with E-state index in [2.05, 4.69) is 31.9 Å². The third-order valence-electron chi connectivity index (χ3n) is 11.0. The molecule has 0 aliphatic carbocycles. The minimum Gasteiger partial charge on any atom is -0.497 e. The van der Waals surface area contributed by atoms with E-state index >= 15 is 0 Å². The highest BCUT2D eigenvalue weighted by atomic mass is 32.2. The minimum absolute atomic E-state index is 0.0312. The van der Waals surface area contributed by atoms with E-state index in [1.54, 1.807) is 38.1 Å². The van der Waals surface area contributed by atoms with E-state index in [1.165, 1.54) is 23.8 Å². The van der Waals surface area contributed by atoms with Gasteiger partial charge in [0.05, 0.1) is 19.6 Å². The van der Waals surface area contributed by atoms with E-state index in [-0.39, 0.29) is 50.3 Å². The van der Waals surface area contributed by atoms with E-state index in [1.807, 2.05) is 13.8 Å². The predicted octanol–water partition coefficient (Wildman–Crippen LogP) is -0.903. The summed E-state index contributed by atoms with van der Waals surface area (Å²) in [6, 6.07) is -1.73. The number of ether oxygens (including phenoxy) is 1. The van der Waals surface area contributed by atoms with Gasteiger partial charge < -0.3 is 57.8 Å². The summed E-state index contributed by atoms with van der Waals surface area (Å²) >= 11 is 1.22. The Bertz CT molecular complexity index is 1830. The second-order valence-electron chi connectivity index (χ2n) is 16.7. The van der Waals surface area contributed by atoms with E-state index in [9.17, 15) is 47.9 Å². The molecule has 21 heteroatoms. The molecule has 0 bridgehead atoms. The first-order valence-corrected chi connectivity index (χ1v) is 22.9. The molecular formula is C43H65N9O11S. The monoisotopic (exact) mass is 915 g/mol. The normalized spacial score (nSPS) is 24.2. The van der Waals surface area contributed by atoms with Crippen LogP contribution < -0.4 is 48.1 Å². The predicted molar refractivity (Wildman–Crippen MR) is 237 cm³/mol. The first-order chi connectivity index (χ1) is 30.4. The van der Waals surface area contributed by atoms with Crippen molar-refractivity contribution in [3.63, 3.8) is 0 Å². The van der Waals surface area contributed by atoms with Gasteiger partial charge in [-0.3, -0.25) is 43.2 Å². The third-order valence-corrected chi connectivity index (χ3v) is 12.2. The molecule has 354 valence electrons. The number of carbonyl (C=O) groups excluding carboxylic acids is 10. The Hall–Kier alpha value is -5.73. The number of amides is 9. The molecule has 20 nitrogen and oxygen atoms in total. The van der Waals surface area contributed by atoms with Crippen molar-refractivity contribution in [2.24, 2.45) is 23.3 Å². The second-order valence-corrected chi connectivity index (χ2v) is 17.8. The summed E-state index contributed by atoms with van der Waals surface area (Å²) in [5.74, 6) is -6.49. The first-order valence-electron chi connectivity index (χ1n) is 21.7. The van der Waals surface area contributed by atoms with Crippen molar-refractivity contribution in [2.75, 3.05) is 25.2 Å². The molecule has 0 saturated carbocycles. The Labute approximate surface area is 378 Å². The smallest absolute Gasteiger partial charge is 0.246 e. The molecule has 1 aromatic carbocycles. The van der Waals surface area contributed by atoms with Crippen molar-refractivity contribution < 1.29 is 52.7 Å².